The molecule has 2 N–H and O–H groups in total. The second kappa shape index (κ2) is 5.92. The Morgan fingerprint density at radius 2 is 2.10 bits per heavy atom. The van der Waals surface area contributed by atoms with E-state index in [1.54, 1.807) is 7.11 Å². The Balaban J connectivity index is 0.00000147. The van der Waals surface area contributed by atoms with Gasteiger partial charge in [0, 0.05) is 32.7 Å². The van der Waals surface area contributed by atoms with E-state index in [9.17, 15) is 0 Å². The van der Waals surface area contributed by atoms with Gasteiger partial charge in [-0.25, -0.2) is 4.68 Å². The summed E-state index contributed by atoms with van der Waals surface area (Å²) >= 11 is 0. The number of fused-ring (bicyclic) bond motifs is 1. The van der Waals surface area contributed by atoms with Crippen molar-refractivity contribution in [2.45, 2.75) is 32.4 Å². The van der Waals surface area contributed by atoms with Crippen LogP contribution in [0.3, 0.4) is 0 Å². The third-order valence-electron chi connectivity index (χ3n) is 4.85. The lowest BCUT2D eigenvalue weighted by Gasteiger charge is -2.18. The Labute approximate surface area is 126 Å². The zero-order valence-corrected chi connectivity index (χ0v) is 13.3. The van der Waals surface area contributed by atoms with Crippen molar-refractivity contribution in [3.05, 3.63) is 11.3 Å². The maximum atomic E-state index is 6.20. The van der Waals surface area contributed by atoms with E-state index in [1.165, 1.54) is 24.9 Å². The van der Waals surface area contributed by atoms with Gasteiger partial charge in [-0.15, -0.1) is 12.4 Å². The second-order valence-electron chi connectivity index (χ2n) is 6.06. The van der Waals surface area contributed by atoms with E-state index < -0.39 is 0 Å². The standard InChI is InChI=1S/C14H24N4O.ClH/c1-9-11(14(19-3)17(2)16-9)7-18-6-10-4-5-13(15)12(10)8-18;/h10,12-13H,4-8,15H2,1-3H3;1H. The van der Waals surface area contributed by atoms with Crippen LogP contribution in [-0.2, 0) is 13.6 Å². The summed E-state index contributed by atoms with van der Waals surface area (Å²) in [7, 11) is 3.65. The van der Waals surface area contributed by atoms with Crippen LogP contribution in [0, 0.1) is 18.8 Å². The largest absolute Gasteiger partial charge is 0.481 e. The molecular weight excluding hydrogens is 276 g/mol. The van der Waals surface area contributed by atoms with Crippen LogP contribution < -0.4 is 10.5 Å². The fraction of sp³-hybridized carbons (Fsp3) is 0.786. The first-order valence-corrected chi connectivity index (χ1v) is 7.14. The summed E-state index contributed by atoms with van der Waals surface area (Å²) in [5.41, 5.74) is 8.49. The molecule has 1 aromatic rings. The summed E-state index contributed by atoms with van der Waals surface area (Å²) in [6.45, 7) is 5.29. The van der Waals surface area contributed by atoms with E-state index in [-0.39, 0.29) is 12.4 Å². The molecule has 114 valence electrons. The minimum Gasteiger partial charge on any atom is -0.481 e. The minimum atomic E-state index is 0. The number of likely N-dealkylation sites (tertiary alicyclic amines) is 1. The molecule has 2 heterocycles. The molecule has 0 bridgehead atoms. The molecule has 1 aliphatic heterocycles. The Bertz CT molecular complexity index is 476. The number of methoxy groups -OCH3 is 1. The average molecular weight is 301 g/mol. The Morgan fingerprint density at radius 3 is 2.75 bits per heavy atom. The van der Waals surface area contributed by atoms with Crippen molar-refractivity contribution >= 4 is 12.4 Å². The number of hydrogen-bond donors (Lipinski definition) is 1. The van der Waals surface area contributed by atoms with Gasteiger partial charge < -0.3 is 10.5 Å². The Kier molecular flexibility index (Phi) is 4.62. The second-order valence-corrected chi connectivity index (χ2v) is 6.06. The number of nitrogens with two attached hydrogens (primary N) is 1. The van der Waals surface area contributed by atoms with Crippen LogP contribution in [0.4, 0.5) is 0 Å². The van der Waals surface area contributed by atoms with Crippen LogP contribution in [-0.4, -0.2) is 40.9 Å². The molecule has 0 aromatic carbocycles. The van der Waals surface area contributed by atoms with Crippen LogP contribution in [0.25, 0.3) is 0 Å². The summed E-state index contributed by atoms with van der Waals surface area (Å²) in [4.78, 5) is 2.51. The molecule has 6 heteroatoms. The van der Waals surface area contributed by atoms with Gasteiger partial charge in [0.15, 0.2) is 0 Å². The number of aryl methyl sites for hydroxylation is 2. The predicted molar refractivity (Wildman–Crippen MR) is 81.2 cm³/mol. The number of halogens is 1. The maximum Gasteiger partial charge on any atom is 0.216 e. The van der Waals surface area contributed by atoms with Gasteiger partial charge in [-0.1, -0.05) is 0 Å². The molecule has 0 spiro atoms. The molecule has 1 saturated heterocycles. The van der Waals surface area contributed by atoms with Gasteiger partial charge in [0.2, 0.25) is 5.88 Å². The number of aromatic nitrogens is 2. The summed E-state index contributed by atoms with van der Waals surface area (Å²) in [5.74, 6) is 2.39. The van der Waals surface area contributed by atoms with Gasteiger partial charge >= 0.3 is 0 Å². The first kappa shape index (κ1) is 15.6. The molecular formula is C14H25ClN4O. The van der Waals surface area contributed by atoms with E-state index in [0.29, 0.717) is 12.0 Å². The molecule has 20 heavy (non-hydrogen) atoms. The molecule has 2 aliphatic rings. The van der Waals surface area contributed by atoms with E-state index >= 15 is 0 Å². The molecule has 5 nitrogen and oxygen atoms in total. The summed E-state index contributed by atoms with van der Waals surface area (Å²) < 4.78 is 7.30. The van der Waals surface area contributed by atoms with Crippen LogP contribution >= 0.6 is 12.4 Å². The minimum absolute atomic E-state index is 0. The SMILES string of the molecule is COc1c(CN2CC3CCC(N)C3C2)c(C)nn1C.Cl. The first-order valence-electron chi connectivity index (χ1n) is 7.14. The molecule has 1 aromatic heterocycles. The average Bonchev–Trinajstić information content (AvgIpc) is 2.98. The van der Waals surface area contributed by atoms with Crippen molar-refractivity contribution in [1.29, 1.82) is 0 Å². The van der Waals surface area contributed by atoms with Crippen LogP contribution in [0.5, 0.6) is 5.88 Å². The molecule has 3 atom stereocenters. The van der Waals surface area contributed by atoms with E-state index in [2.05, 4.69) is 16.9 Å². The van der Waals surface area contributed by atoms with Crippen molar-refractivity contribution in [3.8, 4) is 5.88 Å². The van der Waals surface area contributed by atoms with Gasteiger partial charge in [0.25, 0.3) is 0 Å². The molecule has 1 saturated carbocycles. The predicted octanol–water partition coefficient (Wildman–Crippen LogP) is 1.33. The maximum absolute atomic E-state index is 6.20. The lowest BCUT2D eigenvalue weighted by molar-refractivity contribution is 0.288. The fourth-order valence-corrected chi connectivity index (χ4v) is 3.87. The van der Waals surface area contributed by atoms with Gasteiger partial charge in [-0.05, 0) is 31.6 Å². The van der Waals surface area contributed by atoms with E-state index in [0.717, 1.165) is 30.6 Å². The van der Waals surface area contributed by atoms with Crippen molar-refractivity contribution in [2.24, 2.45) is 24.6 Å². The lowest BCUT2D eigenvalue weighted by Crippen LogP contribution is -2.30. The van der Waals surface area contributed by atoms with Crippen LogP contribution in [0.1, 0.15) is 24.1 Å². The summed E-state index contributed by atoms with van der Waals surface area (Å²) in [6, 6.07) is 0.409. The molecule has 2 fully saturated rings. The van der Waals surface area contributed by atoms with E-state index in [4.69, 9.17) is 10.5 Å². The third-order valence-corrected chi connectivity index (χ3v) is 4.85. The molecule has 0 radical (unpaired) electrons. The molecule has 1 aliphatic carbocycles. The highest BCUT2D eigenvalue weighted by Crippen LogP contribution is 2.38. The summed E-state index contributed by atoms with van der Waals surface area (Å²) in [6.07, 6.45) is 2.50. The number of rotatable bonds is 3. The highest BCUT2D eigenvalue weighted by molar-refractivity contribution is 5.85. The van der Waals surface area contributed by atoms with Gasteiger partial charge in [0.05, 0.1) is 18.4 Å². The zero-order chi connectivity index (χ0) is 13.6. The molecule has 3 unspecified atom stereocenters. The van der Waals surface area contributed by atoms with Gasteiger partial charge in [0.1, 0.15) is 0 Å². The lowest BCUT2D eigenvalue weighted by atomic mass is 9.98. The smallest absolute Gasteiger partial charge is 0.216 e. The fourth-order valence-electron chi connectivity index (χ4n) is 3.87. The topological polar surface area (TPSA) is 56.3 Å². The van der Waals surface area contributed by atoms with Crippen LogP contribution in [0.2, 0.25) is 0 Å². The van der Waals surface area contributed by atoms with E-state index in [1.807, 2.05) is 11.7 Å². The van der Waals surface area contributed by atoms with Gasteiger partial charge in [-0.3, -0.25) is 4.90 Å². The Morgan fingerprint density at radius 1 is 1.35 bits per heavy atom. The first-order chi connectivity index (χ1) is 9.10. The third kappa shape index (κ3) is 2.54. The normalized spacial score (nSPS) is 29.3. The molecule has 0 amide bonds. The van der Waals surface area contributed by atoms with Crippen LogP contribution in [0.15, 0.2) is 0 Å². The highest BCUT2D eigenvalue weighted by Gasteiger charge is 2.41. The van der Waals surface area contributed by atoms with Crippen molar-refractivity contribution in [3.63, 3.8) is 0 Å². The Hall–Kier alpha value is -0.780. The number of hydrogen-bond acceptors (Lipinski definition) is 4. The van der Waals surface area contributed by atoms with Crippen molar-refractivity contribution in [2.75, 3.05) is 20.2 Å². The van der Waals surface area contributed by atoms with Gasteiger partial charge in [-0.2, -0.15) is 5.10 Å². The monoisotopic (exact) mass is 300 g/mol. The highest BCUT2D eigenvalue weighted by atomic mass is 35.5. The molecule has 3 rings (SSSR count). The number of nitrogens with zero attached hydrogens (tertiary/aromatic N) is 3. The van der Waals surface area contributed by atoms with Crippen molar-refractivity contribution < 1.29 is 4.74 Å². The summed E-state index contributed by atoms with van der Waals surface area (Å²) in [5, 5.41) is 4.45. The van der Waals surface area contributed by atoms with Crippen molar-refractivity contribution in [1.82, 2.24) is 14.7 Å². The number of ether oxygens (including phenoxy) is 1. The quantitative estimate of drug-likeness (QED) is 0.915. The zero-order valence-electron chi connectivity index (χ0n) is 12.5.